The van der Waals surface area contributed by atoms with Crippen molar-refractivity contribution in [3.63, 3.8) is 0 Å². The number of fused-ring (bicyclic) bond motifs is 1. The van der Waals surface area contributed by atoms with Gasteiger partial charge in [-0.1, -0.05) is 24.3 Å². The Labute approximate surface area is 89.3 Å². The summed E-state index contributed by atoms with van der Waals surface area (Å²) in [5.41, 5.74) is 3.65. The molecular weight excluding hydrogens is 196 g/mol. The zero-order chi connectivity index (χ0) is 9.97. The number of benzene rings is 1. The normalized spacial score (nSPS) is 13.5. The van der Waals surface area contributed by atoms with Crippen LogP contribution in [0.4, 0.5) is 0 Å². The maximum absolute atomic E-state index is 5.69. The summed E-state index contributed by atoms with van der Waals surface area (Å²) in [7, 11) is 0. The van der Waals surface area contributed by atoms with Gasteiger partial charge in [-0.3, -0.25) is 0 Å². The van der Waals surface area contributed by atoms with E-state index in [0.29, 0.717) is 5.88 Å². The van der Waals surface area contributed by atoms with Crippen molar-refractivity contribution in [1.82, 2.24) is 0 Å². The lowest BCUT2D eigenvalue weighted by atomic mass is 10.0. The predicted octanol–water partition coefficient (Wildman–Crippen LogP) is 2.96. The van der Waals surface area contributed by atoms with Crippen molar-refractivity contribution >= 4 is 11.6 Å². The van der Waals surface area contributed by atoms with Crippen LogP contribution >= 0.6 is 11.6 Å². The third-order valence-electron chi connectivity index (χ3n) is 2.40. The fourth-order valence-electron chi connectivity index (χ4n) is 1.69. The van der Waals surface area contributed by atoms with E-state index in [1.165, 1.54) is 11.1 Å². The molecule has 0 radical (unpaired) electrons. The van der Waals surface area contributed by atoms with E-state index < -0.39 is 0 Å². The molecule has 0 saturated heterocycles. The van der Waals surface area contributed by atoms with Gasteiger partial charge in [0.25, 0.3) is 0 Å². The summed E-state index contributed by atoms with van der Waals surface area (Å²) in [6.45, 7) is 4.71. The molecule has 1 aromatic rings. The third kappa shape index (κ3) is 1.93. The molecule has 0 fully saturated rings. The van der Waals surface area contributed by atoms with Crippen LogP contribution in [0.5, 0.6) is 5.75 Å². The Balaban J connectivity index is 2.16. The molecule has 2 rings (SSSR count). The van der Waals surface area contributed by atoms with E-state index in [9.17, 15) is 0 Å². The Kier molecular flexibility index (Phi) is 2.78. The number of halogens is 1. The zero-order valence-electron chi connectivity index (χ0n) is 8.05. The second-order valence-corrected chi connectivity index (χ2v) is 3.87. The number of alkyl halides is 1. The van der Waals surface area contributed by atoms with Crippen LogP contribution in [0.15, 0.2) is 30.4 Å². The maximum atomic E-state index is 5.69. The van der Waals surface area contributed by atoms with Crippen molar-refractivity contribution in [2.45, 2.75) is 12.8 Å². The first kappa shape index (κ1) is 9.60. The molecule has 1 aromatic carbocycles. The Morgan fingerprint density at radius 2 is 2.36 bits per heavy atom. The first-order chi connectivity index (χ1) is 6.79. The van der Waals surface area contributed by atoms with E-state index in [4.69, 9.17) is 16.3 Å². The molecule has 0 amide bonds. The molecule has 0 N–H and O–H groups in total. The van der Waals surface area contributed by atoms with Gasteiger partial charge in [-0.2, -0.15) is 0 Å². The molecule has 1 heterocycles. The Morgan fingerprint density at radius 3 is 3.14 bits per heavy atom. The standard InChI is InChI=1S/C12H13ClO/c1-9(8-13)6-10-2-3-12-11(7-10)4-5-14-12/h2-3,7H,1,4-6,8H2. The highest BCUT2D eigenvalue weighted by Crippen LogP contribution is 2.26. The van der Waals surface area contributed by atoms with E-state index in [0.717, 1.165) is 30.8 Å². The molecule has 1 nitrogen and oxygen atoms in total. The summed E-state index contributed by atoms with van der Waals surface area (Å²) in [5.74, 6) is 1.57. The van der Waals surface area contributed by atoms with Crippen LogP contribution in [0.25, 0.3) is 0 Å². The van der Waals surface area contributed by atoms with Crippen LogP contribution in [0.2, 0.25) is 0 Å². The Bertz CT molecular complexity index is 357. The van der Waals surface area contributed by atoms with E-state index >= 15 is 0 Å². The fourth-order valence-corrected chi connectivity index (χ4v) is 1.78. The van der Waals surface area contributed by atoms with E-state index in [2.05, 4.69) is 18.7 Å². The van der Waals surface area contributed by atoms with Crippen LogP contribution in [0.1, 0.15) is 11.1 Å². The van der Waals surface area contributed by atoms with Gasteiger partial charge >= 0.3 is 0 Å². The highest BCUT2D eigenvalue weighted by Gasteiger charge is 2.11. The highest BCUT2D eigenvalue weighted by molar-refractivity contribution is 6.19. The van der Waals surface area contributed by atoms with Gasteiger partial charge in [0, 0.05) is 12.3 Å². The third-order valence-corrected chi connectivity index (χ3v) is 2.77. The van der Waals surface area contributed by atoms with Gasteiger partial charge in [0.1, 0.15) is 5.75 Å². The van der Waals surface area contributed by atoms with Crippen molar-refractivity contribution in [2.24, 2.45) is 0 Å². The molecule has 14 heavy (non-hydrogen) atoms. The molecule has 74 valence electrons. The average Bonchev–Trinajstić information content (AvgIpc) is 2.64. The lowest BCUT2D eigenvalue weighted by Crippen LogP contribution is -1.91. The van der Waals surface area contributed by atoms with Crippen LogP contribution in [-0.2, 0) is 12.8 Å². The van der Waals surface area contributed by atoms with Gasteiger partial charge in [0.05, 0.1) is 6.61 Å². The summed E-state index contributed by atoms with van der Waals surface area (Å²) in [6, 6.07) is 6.32. The van der Waals surface area contributed by atoms with Crippen molar-refractivity contribution in [3.05, 3.63) is 41.5 Å². The first-order valence-corrected chi connectivity index (χ1v) is 5.30. The topological polar surface area (TPSA) is 9.23 Å². The molecule has 2 heteroatoms. The minimum absolute atomic E-state index is 0.535. The molecule has 0 bridgehead atoms. The smallest absolute Gasteiger partial charge is 0.122 e. The van der Waals surface area contributed by atoms with Gasteiger partial charge in [-0.05, 0) is 23.6 Å². The Hall–Kier alpha value is -0.950. The average molecular weight is 209 g/mol. The number of ether oxygens (including phenoxy) is 1. The van der Waals surface area contributed by atoms with Crippen LogP contribution < -0.4 is 4.74 Å². The second-order valence-electron chi connectivity index (χ2n) is 3.60. The first-order valence-electron chi connectivity index (χ1n) is 4.77. The Morgan fingerprint density at radius 1 is 1.50 bits per heavy atom. The number of allylic oxidation sites excluding steroid dienone is 1. The SMILES string of the molecule is C=C(CCl)Cc1ccc2c(c1)CCO2. The largest absolute Gasteiger partial charge is 0.493 e. The number of rotatable bonds is 3. The number of hydrogen-bond donors (Lipinski definition) is 0. The van der Waals surface area contributed by atoms with Crippen molar-refractivity contribution in [2.75, 3.05) is 12.5 Å². The van der Waals surface area contributed by atoms with E-state index in [-0.39, 0.29) is 0 Å². The van der Waals surface area contributed by atoms with Gasteiger partial charge in [0.15, 0.2) is 0 Å². The molecule has 0 aromatic heterocycles. The van der Waals surface area contributed by atoms with Crippen LogP contribution in [0.3, 0.4) is 0 Å². The van der Waals surface area contributed by atoms with Gasteiger partial charge in [-0.15, -0.1) is 11.6 Å². The zero-order valence-corrected chi connectivity index (χ0v) is 8.81. The van der Waals surface area contributed by atoms with Crippen LogP contribution in [0, 0.1) is 0 Å². The molecule has 1 aliphatic heterocycles. The molecule has 0 unspecified atom stereocenters. The summed E-state index contributed by atoms with van der Waals surface area (Å²) < 4.78 is 5.44. The summed E-state index contributed by atoms with van der Waals surface area (Å²) in [4.78, 5) is 0. The maximum Gasteiger partial charge on any atom is 0.122 e. The van der Waals surface area contributed by atoms with Gasteiger partial charge in [-0.25, -0.2) is 0 Å². The van der Waals surface area contributed by atoms with Gasteiger partial charge in [0.2, 0.25) is 0 Å². The lowest BCUT2D eigenvalue weighted by molar-refractivity contribution is 0.357. The number of hydrogen-bond acceptors (Lipinski definition) is 1. The van der Waals surface area contributed by atoms with Gasteiger partial charge < -0.3 is 4.74 Å². The molecule has 0 spiro atoms. The van der Waals surface area contributed by atoms with Crippen molar-refractivity contribution < 1.29 is 4.74 Å². The summed E-state index contributed by atoms with van der Waals surface area (Å²) >= 11 is 5.69. The van der Waals surface area contributed by atoms with Crippen LogP contribution in [-0.4, -0.2) is 12.5 Å². The monoisotopic (exact) mass is 208 g/mol. The molecule has 0 aliphatic carbocycles. The molecule has 0 saturated carbocycles. The lowest BCUT2D eigenvalue weighted by Gasteiger charge is -2.04. The molecular formula is C12H13ClO. The van der Waals surface area contributed by atoms with Crippen molar-refractivity contribution in [3.8, 4) is 5.75 Å². The molecule has 1 aliphatic rings. The molecule has 0 atom stereocenters. The fraction of sp³-hybridized carbons (Fsp3) is 0.333. The predicted molar refractivity (Wildman–Crippen MR) is 59.2 cm³/mol. The summed E-state index contributed by atoms with van der Waals surface area (Å²) in [6.07, 6.45) is 1.90. The minimum atomic E-state index is 0.535. The summed E-state index contributed by atoms with van der Waals surface area (Å²) in [5, 5.41) is 0. The minimum Gasteiger partial charge on any atom is -0.493 e. The highest BCUT2D eigenvalue weighted by atomic mass is 35.5. The van der Waals surface area contributed by atoms with Crippen molar-refractivity contribution in [1.29, 1.82) is 0 Å². The van der Waals surface area contributed by atoms with E-state index in [1.54, 1.807) is 0 Å². The second kappa shape index (κ2) is 4.05. The van der Waals surface area contributed by atoms with E-state index in [1.807, 2.05) is 6.07 Å². The quantitative estimate of drug-likeness (QED) is 0.548.